The number of hydrogen-bond donors (Lipinski definition) is 1. The van der Waals surface area contributed by atoms with E-state index in [4.69, 9.17) is 4.74 Å². The average Bonchev–Trinajstić information content (AvgIpc) is 2.89. The summed E-state index contributed by atoms with van der Waals surface area (Å²) >= 11 is 0. The summed E-state index contributed by atoms with van der Waals surface area (Å²) in [5, 5.41) is 3.44. The van der Waals surface area contributed by atoms with E-state index >= 15 is 0 Å². The van der Waals surface area contributed by atoms with E-state index in [9.17, 15) is 0 Å². The third-order valence-electron chi connectivity index (χ3n) is 3.58. The standard InChI is InChI=1S/C12H18N4O/c1-2-17-11-3-4-14-12(15-11)16-7-9-5-13-6-10(9)8-16/h3-4,9-10,13H,2,5-8H2,1H3/t9-,10+. The summed E-state index contributed by atoms with van der Waals surface area (Å²) in [6.07, 6.45) is 1.78. The summed E-state index contributed by atoms with van der Waals surface area (Å²) in [5.41, 5.74) is 0. The van der Waals surface area contributed by atoms with Crippen LogP contribution in [0.1, 0.15) is 6.92 Å². The SMILES string of the molecule is CCOc1ccnc(N2C[C@H]3CNC[C@H]3C2)n1. The van der Waals surface area contributed by atoms with Crippen LogP contribution in [-0.2, 0) is 0 Å². The Labute approximate surface area is 101 Å². The van der Waals surface area contributed by atoms with Crippen LogP contribution in [0.25, 0.3) is 0 Å². The molecule has 2 fully saturated rings. The van der Waals surface area contributed by atoms with Crippen molar-refractivity contribution in [3.05, 3.63) is 12.3 Å². The van der Waals surface area contributed by atoms with E-state index in [0.29, 0.717) is 12.5 Å². The highest BCUT2D eigenvalue weighted by molar-refractivity contribution is 5.34. The zero-order valence-electron chi connectivity index (χ0n) is 10.1. The Bertz CT molecular complexity index is 386. The van der Waals surface area contributed by atoms with E-state index in [0.717, 1.165) is 44.0 Å². The molecular weight excluding hydrogens is 216 g/mol. The van der Waals surface area contributed by atoms with Crippen molar-refractivity contribution in [2.45, 2.75) is 6.92 Å². The zero-order valence-corrected chi connectivity index (χ0v) is 10.1. The van der Waals surface area contributed by atoms with Gasteiger partial charge in [0.05, 0.1) is 6.61 Å². The van der Waals surface area contributed by atoms with Crippen LogP contribution in [0.5, 0.6) is 5.88 Å². The van der Waals surface area contributed by atoms with Crippen molar-refractivity contribution >= 4 is 5.95 Å². The Hall–Kier alpha value is -1.36. The molecular formula is C12H18N4O. The third-order valence-corrected chi connectivity index (χ3v) is 3.58. The number of nitrogens with one attached hydrogen (secondary N) is 1. The van der Waals surface area contributed by atoms with Gasteiger partial charge in [-0.25, -0.2) is 4.98 Å². The largest absolute Gasteiger partial charge is 0.478 e. The molecule has 3 rings (SSSR count). The number of hydrogen-bond acceptors (Lipinski definition) is 5. The first-order valence-corrected chi connectivity index (χ1v) is 6.28. The highest BCUT2D eigenvalue weighted by atomic mass is 16.5. The molecule has 5 nitrogen and oxygen atoms in total. The Morgan fingerprint density at radius 3 is 2.88 bits per heavy atom. The van der Waals surface area contributed by atoms with E-state index in [1.165, 1.54) is 0 Å². The van der Waals surface area contributed by atoms with Gasteiger partial charge < -0.3 is 15.0 Å². The fourth-order valence-electron chi connectivity index (χ4n) is 2.73. The monoisotopic (exact) mass is 234 g/mol. The molecule has 0 amide bonds. The fraction of sp³-hybridized carbons (Fsp3) is 0.667. The number of fused-ring (bicyclic) bond motifs is 1. The third kappa shape index (κ3) is 2.07. The number of rotatable bonds is 3. The highest BCUT2D eigenvalue weighted by Crippen LogP contribution is 2.29. The molecule has 0 unspecified atom stereocenters. The summed E-state index contributed by atoms with van der Waals surface area (Å²) in [6.45, 7) is 7.00. The second-order valence-electron chi connectivity index (χ2n) is 4.71. The van der Waals surface area contributed by atoms with E-state index in [1.54, 1.807) is 6.20 Å². The topological polar surface area (TPSA) is 50.3 Å². The summed E-state index contributed by atoms with van der Waals surface area (Å²) in [7, 11) is 0. The number of nitrogens with zero attached hydrogens (tertiary/aromatic N) is 3. The van der Waals surface area contributed by atoms with Crippen LogP contribution < -0.4 is 15.0 Å². The van der Waals surface area contributed by atoms with Gasteiger partial charge in [-0.15, -0.1) is 0 Å². The van der Waals surface area contributed by atoms with Crippen LogP contribution in [0.2, 0.25) is 0 Å². The lowest BCUT2D eigenvalue weighted by molar-refractivity contribution is 0.326. The van der Waals surface area contributed by atoms with Gasteiger partial charge in [-0.05, 0) is 18.8 Å². The normalized spacial score (nSPS) is 27.2. The first-order chi connectivity index (χ1) is 8.36. The molecule has 1 N–H and O–H groups in total. The van der Waals surface area contributed by atoms with Gasteiger partial charge in [0, 0.05) is 38.4 Å². The van der Waals surface area contributed by atoms with Gasteiger partial charge in [-0.1, -0.05) is 0 Å². The molecule has 2 saturated heterocycles. The van der Waals surface area contributed by atoms with Crippen LogP contribution in [0.15, 0.2) is 12.3 Å². The van der Waals surface area contributed by atoms with Crippen molar-refractivity contribution in [3.8, 4) is 5.88 Å². The molecule has 1 aromatic heterocycles. The Kier molecular flexibility index (Phi) is 2.84. The number of ether oxygens (including phenoxy) is 1. The van der Waals surface area contributed by atoms with Crippen LogP contribution in [0.4, 0.5) is 5.95 Å². The van der Waals surface area contributed by atoms with E-state index < -0.39 is 0 Å². The van der Waals surface area contributed by atoms with E-state index in [1.807, 2.05) is 13.0 Å². The molecule has 5 heteroatoms. The molecule has 0 aliphatic carbocycles. The Morgan fingerprint density at radius 2 is 2.18 bits per heavy atom. The zero-order chi connectivity index (χ0) is 11.7. The maximum Gasteiger partial charge on any atom is 0.228 e. The molecule has 92 valence electrons. The molecule has 0 spiro atoms. The van der Waals surface area contributed by atoms with Crippen LogP contribution in [-0.4, -0.2) is 42.8 Å². The predicted molar refractivity (Wildman–Crippen MR) is 65.3 cm³/mol. The second kappa shape index (κ2) is 4.49. The van der Waals surface area contributed by atoms with Crippen molar-refractivity contribution < 1.29 is 4.74 Å². The smallest absolute Gasteiger partial charge is 0.228 e. The highest BCUT2D eigenvalue weighted by Gasteiger charge is 2.37. The van der Waals surface area contributed by atoms with Gasteiger partial charge in [-0.2, -0.15) is 4.98 Å². The average molecular weight is 234 g/mol. The summed E-state index contributed by atoms with van der Waals surface area (Å²) in [4.78, 5) is 11.1. The minimum absolute atomic E-state index is 0.644. The lowest BCUT2D eigenvalue weighted by atomic mass is 10.0. The first kappa shape index (κ1) is 10.8. The molecule has 0 saturated carbocycles. The summed E-state index contributed by atoms with van der Waals surface area (Å²) < 4.78 is 5.41. The quantitative estimate of drug-likeness (QED) is 0.827. The minimum atomic E-state index is 0.644. The molecule has 0 aromatic carbocycles. The van der Waals surface area contributed by atoms with Gasteiger partial charge in [-0.3, -0.25) is 0 Å². The van der Waals surface area contributed by atoms with Gasteiger partial charge in [0.25, 0.3) is 0 Å². The molecule has 2 aliphatic heterocycles. The molecule has 3 heterocycles. The van der Waals surface area contributed by atoms with E-state index in [-0.39, 0.29) is 0 Å². The van der Waals surface area contributed by atoms with Crippen molar-refractivity contribution in [3.63, 3.8) is 0 Å². The van der Waals surface area contributed by atoms with Crippen LogP contribution >= 0.6 is 0 Å². The second-order valence-corrected chi connectivity index (χ2v) is 4.71. The fourth-order valence-corrected chi connectivity index (χ4v) is 2.73. The molecule has 2 atom stereocenters. The Balaban J connectivity index is 1.74. The lowest BCUT2D eigenvalue weighted by Gasteiger charge is -2.17. The summed E-state index contributed by atoms with van der Waals surface area (Å²) in [6, 6.07) is 1.81. The number of anilines is 1. The maximum atomic E-state index is 5.41. The van der Waals surface area contributed by atoms with Crippen LogP contribution in [0.3, 0.4) is 0 Å². The van der Waals surface area contributed by atoms with Crippen molar-refractivity contribution in [1.82, 2.24) is 15.3 Å². The summed E-state index contributed by atoms with van der Waals surface area (Å²) in [5.74, 6) is 3.00. The molecule has 1 aromatic rings. The van der Waals surface area contributed by atoms with Crippen LogP contribution in [0, 0.1) is 11.8 Å². The maximum absolute atomic E-state index is 5.41. The molecule has 0 radical (unpaired) electrons. The van der Waals surface area contributed by atoms with Gasteiger partial charge in [0.1, 0.15) is 0 Å². The van der Waals surface area contributed by atoms with Crippen molar-refractivity contribution in [1.29, 1.82) is 0 Å². The molecule has 0 bridgehead atoms. The van der Waals surface area contributed by atoms with Crippen molar-refractivity contribution in [2.24, 2.45) is 11.8 Å². The van der Waals surface area contributed by atoms with Gasteiger partial charge >= 0.3 is 0 Å². The van der Waals surface area contributed by atoms with Gasteiger partial charge in [0.15, 0.2) is 0 Å². The minimum Gasteiger partial charge on any atom is -0.478 e. The van der Waals surface area contributed by atoms with Crippen molar-refractivity contribution in [2.75, 3.05) is 37.7 Å². The first-order valence-electron chi connectivity index (χ1n) is 6.28. The van der Waals surface area contributed by atoms with E-state index in [2.05, 4.69) is 20.2 Å². The lowest BCUT2D eigenvalue weighted by Crippen LogP contribution is -2.27. The molecule has 2 aliphatic rings. The predicted octanol–water partition coefficient (Wildman–Crippen LogP) is 0.531. The Morgan fingerprint density at radius 1 is 1.41 bits per heavy atom. The number of aromatic nitrogens is 2. The van der Waals surface area contributed by atoms with Gasteiger partial charge in [0.2, 0.25) is 11.8 Å². The molecule has 17 heavy (non-hydrogen) atoms.